The van der Waals surface area contributed by atoms with E-state index in [0.29, 0.717) is 0 Å². The quantitative estimate of drug-likeness (QED) is 0.882. The Morgan fingerprint density at radius 3 is 2.37 bits per heavy atom. The largest absolute Gasteiger partial charge is 0.480 e. The lowest BCUT2D eigenvalue weighted by Crippen LogP contribution is -2.52. The van der Waals surface area contributed by atoms with Crippen LogP contribution in [0.1, 0.15) is 19.8 Å². The monoisotopic (exact) mass is 262 g/mol. The second kappa shape index (κ2) is 6.57. The van der Waals surface area contributed by atoms with Gasteiger partial charge < -0.3 is 10.0 Å². The van der Waals surface area contributed by atoms with Crippen molar-refractivity contribution in [2.24, 2.45) is 0 Å². The van der Waals surface area contributed by atoms with Crippen LogP contribution in [0.15, 0.2) is 30.3 Å². The van der Waals surface area contributed by atoms with Crippen LogP contribution in [0.4, 0.5) is 5.69 Å². The van der Waals surface area contributed by atoms with Gasteiger partial charge in [-0.3, -0.25) is 9.69 Å². The van der Waals surface area contributed by atoms with Crippen LogP contribution in [0.3, 0.4) is 0 Å². The van der Waals surface area contributed by atoms with Gasteiger partial charge >= 0.3 is 5.97 Å². The van der Waals surface area contributed by atoms with Crippen LogP contribution in [-0.4, -0.2) is 48.2 Å². The molecule has 1 aliphatic heterocycles. The number of carboxylic acid groups (broad SMARTS) is 1. The summed E-state index contributed by atoms with van der Waals surface area (Å²) in [7, 11) is 0. The topological polar surface area (TPSA) is 43.8 Å². The summed E-state index contributed by atoms with van der Waals surface area (Å²) in [5.74, 6) is -0.685. The smallest absolute Gasteiger partial charge is 0.320 e. The van der Waals surface area contributed by atoms with E-state index >= 15 is 0 Å². The summed E-state index contributed by atoms with van der Waals surface area (Å²) < 4.78 is 0. The molecule has 1 N–H and O–H groups in total. The number of hydrogen-bond donors (Lipinski definition) is 1. The van der Waals surface area contributed by atoms with E-state index in [4.69, 9.17) is 0 Å². The summed E-state index contributed by atoms with van der Waals surface area (Å²) in [4.78, 5) is 15.7. The van der Waals surface area contributed by atoms with Crippen molar-refractivity contribution in [2.45, 2.75) is 25.8 Å². The van der Waals surface area contributed by atoms with Crippen molar-refractivity contribution in [1.82, 2.24) is 4.90 Å². The van der Waals surface area contributed by atoms with Crippen molar-refractivity contribution in [1.29, 1.82) is 0 Å². The van der Waals surface area contributed by atoms with Gasteiger partial charge in [0, 0.05) is 31.9 Å². The van der Waals surface area contributed by atoms with Crippen LogP contribution in [0.5, 0.6) is 0 Å². The van der Waals surface area contributed by atoms with Crippen LogP contribution in [0.25, 0.3) is 0 Å². The number of aliphatic carboxylic acids is 1. The number of piperazine rings is 1. The SMILES string of the molecule is CCC[C@H](C(=O)O)N1CCN(c2ccccc2)CC1. The number of carbonyl (C=O) groups is 1. The Morgan fingerprint density at radius 2 is 1.84 bits per heavy atom. The number of anilines is 1. The summed E-state index contributed by atoms with van der Waals surface area (Å²) in [6.45, 7) is 5.49. The van der Waals surface area contributed by atoms with Gasteiger partial charge in [-0.1, -0.05) is 31.5 Å². The highest BCUT2D eigenvalue weighted by atomic mass is 16.4. The highest BCUT2D eigenvalue weighted by molar-refractivity contribution is 5.73. The standard InChI is InChI=1S/C15H22N2O2/c1-2-6-14(15(18)19)17-11-9-16(10-12-17)13-7-4-3-5-8-13/h3-5,7-8,14H,2,6,9-12H2,1H3,(H,18,19)/t14-/m1/s1. The molecule has 1 atom stereocenters. The van der Waals surface area contributed by atoms with E-state index in [1.54, 1.807) is 0 Å². The Hall–Kier alpha value is -1.55. The van der Waals surface area contributed by atoms with Crippen molar-refractivity contribution in [3.8, 4) is 0 Å². The number of nitrogens with zero attached hydrogens (tertiary/aromatic N) is 2. The average Bonchev–Trinajstić information content (AvgIpc) is 2.46. The lowest BCUT2D eigenvalue weighted by molar-refractivity contribution is -0.143. The molecule has 0 aromatic heterocycles. The van der Waals surface area contributed by atoms with E-state index in [-0.39, 0.29) is 6.04 Å². The van der Waals surface area contributed by atoms with E-state index in [1.807, 2.05) is 25.1 Å². The molecule has 1 saturated heterocycles. The lowest BCUT2D eigenvalue weighted by Gasteiger charge is -2.38. The van der Waals surface area contributed by atoms with E-state index in [1.165, 1.54) is 5.69 Å². The highest BCUT2D eigenvalue weighted by Gasteiger charge is 2.27. The molecule has 1 aliphatic rings. The van der Waals surface area contributed by atoms with Gasteiger partial charge in [0.1, 0.15) is 6.04 Å². The fraction of sp³-hybridized carbons (Fsp3) is 0.533. The molecule has 104 valence electrons. The van der Waals surface area contributed by atoms with Crippen LogP contribution in [0.2, 0.25) is 0 Å². The molecule has 4 nitrogen and oxygen atoms in total. The summed E-state index contributed by atoms with van der Waals surface area (Å²) in [6.07, 6.45) is 1.65. The molecule has 1 aromatic carbocycles. The first kappa shape index (κ1) is 13.9. The zero-order valence-electron chi connectivity index (χ0n) is 11.5. The van der Waals surface area contributed by atoms with Crippen LogP contribution < -0.4 is 4.90 Å². The van der Waals surface area contributed by atoms with Crippen molar-refractivity contribution >= 4 is 11.7 Å². The third-order valence-electron chi connectivity index (χ3n) is 3.72. The Bertz CT molecular complexity index is 400. The maximum Gasteiger partial charge on any atom is 0.320 e. The minimum atomic E-state index is -0.685. The normalized spacial score (nSPS) is 18.3. The van der Waals surface area contributed by atoms with Crippen molar-refractivity contribution in [2.75, 3.05) is 31.1 Å². The number of para-hydroxylation sites is 1. The zero-order valence-corrected chi connectivity index (χ0v) is 11.5. The number of rotatable bonds is 5. The van der Waals surface area contributed by atoms with Gasteiger partial charge in [0.05, 0.1) is 0 Å². The molecule has 4 heteroatoms. The van der Waals surface area contributed by atoms with Crippen molar-refractivity contribution in [3.63, 3.8) is 0 Å². The number of hydrogen-bond acceptors (Lipinski definition) is 3. The molecule has 1 aromatic rings. The molecule has 0 bridgehead atoms. The average molecular weight is 262 g/mol. The first-order valence-corrected chi connectivity index (χ1v) is 6.99. The molecular formula is C15H22N2O2. The zero-order chi connectivity index (χ0) is 13.7. The summed E-state index contributed by atoms with van der Waals surface area (Å²) in [5, 5.41) is 9.28. The first-order valence-electron chi connectivity index (χ1n) is 6.99. The molecule has 1 heterocycles. The van der Waals surface area contributed by atoms with E-state index in [9.17, 15) is 9.90 Å². The van der Waals surface area contributed by atoms with Gasteiger partial charge in [-0.2, -0.15) is 0 Å². The van der Waals surface area contributed by atoms with E-state index < -0.39 is 5.97 Å². The third-order valence-corrected chi connectivity index (χ3v) is 3.72. The van der Waals surface area contributed by atoms with Gasteiger partial charge in [-0.15, -0.1) is 0 Å². The molecule has 0 amide bonds. The van der Waals surface area contributed by atoms with Crippen LogP contribution in [-0.2, 0) is 4.79 Å². The fourth-order valence-electron chi connectivity index (χ4n) is 2.67. The summed E-state index contributed by atoms with van der Waals surface area (Å²) in [6, 6.07) is 9.99. The van der Waals surface area contributed by atoms with Crippen LogP contribution in [0, 0.1) is 0 Å². The molecule has 0 saturated carbocycles. The molecule has 0 spiro atoms. The number of benzene rings is 1. The maximum absolute atomic E-state index is 11.3. The minimum absolute atomic E-state index is 0.317. The second-order valence-corrected chi connectivity index (χ2v) is 5.00. The Labute approximate surface area is 114 Å². The van der Waals surface area contributed by atoms with E-state index in [0.717, 1.165) is 39.0 Å². The minimum Gasteiger partial charge on any atom is -0.480 e. The molecular weight excluding hydrogens is 240 g/mol. The van der Waals surface area contributed by atoms with Crippen LogP contribution >= 0.6 is 0 Å². The Balaban J connectivity index is 1.93. The molecule has 0 aliphatic carbocycles. The van der Waals surface area contributed by atoms with Crippen molar-refractivity contribution < 1.29 is 9.90 Å². The van der Waals surface area contributed by atoms with Gasteiger partial charge in [-0.25, -0.2) is 0 Å². The molecule has 1 fully saturated rings. The highest BCUT2D eigenvalue weighted by Crippen LogP contribution is 2.18. The Morgan fingerprint density at radius 1 is 1.21 bits per heavy atom. The lowest BCUT2D eigenvalue weighted by atomic mass is 10.1. The van der Waals surface area contributed by atoms with Gasteiger partial charge in [-0.05, 0) is 18.6 Å². The first-order chi connectivity index (χ1) is 9.22. The third kappa shape index (κ3) is 3.47. The van der Waals surface area contributed by atoms with Gasteiger partial charge in [0.2, 0.25) is 0 Å². The van der Waals surface area contributed by atoms with E-state index in [2.05, 4.69) is 21.9 Å². The molecule has 19 heavy (non-hydrogen) atoms. The van der Waals surface area contributed by atoms with Gasteiger partial charge in [0.15, 0.2) is 0 Å². The molecule has 0 unspecified atom stereocenters. The van der Waals surface area contributed by atoms with Crippen molar-refractivity contribution in [3.05, 3.63) is 30.3 Å². The number of carboxylic acids is 1. The molecule has 2 rings (SSSR count). The maximum atomic E-state index is 11.3. The Kier molecular flexibility index (Phi) is 4.80. The second-order valence-electron chi connectivity index (χ2n) is 5.00. The predicted molar refractivity (Wildman–Crippen MR) is 76.6 cm³/mol. The predicted octanol–water partition coefficient (Wildman–Crippen LogP) is 2.06. The summed E-state index contributed by atoms with van der Waals surface area (Å²) in [5.41, 5.74) is 1.23. The fourth-order valence-corrected chi connectivity index (χ4v) is 2.67. The summed E-state index contributed by atoms with van der Waals surface area (Å²) >= 11 is 0. The molecule has 0 radical (unpaired) electrons. The van der Waals surface area contributed by atoms with Gasteiger partial charge in [0.25, 0.3) is 0 Å².